The van der Waals surface area contributed by atoms with Crippen molar-refractivity contribution in [1.82, 2.24) is 9.97 Å². The molecule has 172 valence electrons. The summed E-state index contributed by atoms with van der Waals surface area (Å²) >= 11 is 1.85. The summed E-state index contributed by atoms with van der Waals surface area (Å²) in [4.78, 5) is 10.5. The van der Waals surface area contributed by atoms with Gasteiger partial charge >= 0.3 is 0 Å². The maximum atomic E-state index is 5.33. The van der Waals surface area contributed by atoms with Crippen LogP contribution in [0.5, 0.6) is 0 Å². The van der Waals surface area contributed by atoms with Gasteiger partial charge in [-0.2, -0.15) is 0 Å². The Morgan fingerprint density at radius 1 is 0.459 bits per heavy atom. The SMILES string of the molecule is c1ccc(-c2nc3ccc4ccccc4c3nc2-c2ccc3ccc4sc5ccccc5c4c3c2)cc1. The van der Waals surface area contributed by atoms with Crippen LogP contribution >= 0.6 is 11.3 Å². The number of hydrogen-bond acceptors (Lipinski definition) is 3. The second-order valence-corrected chi connectivity index (χ2v) is 10.5. The van der Waals surface area contributed by atoms with E-state index in [4.69, 9.17) is 9.97 Å². The second-order valence-electron chi connectivity index (χ2n) is 9.41. The summed E-state index contributed by atoms with van der Waals surface area (Å²) in [5.74, 6) is 0. The first-order chi connectivity index (χ1) is 18.3. The van der Waals surface area contributed by atoms with Crippen LogP contribution < -0.4 is 0 Å². The summed E-state index contributed by atoms with van der Waals surface area (Å²) in [7, 11) is 0. The average Bonchev–Trinajstić information content (AvgIpc) is 3.36. The Hall–Kier alpha value is -4.60. The highest BCUT2D eigenvalue weighted by Gasteiger charge is 2.16. The first-order valence-corrected chi connectivity index (χ1v) is 13.2. The molecule has 0 atom stereocenters. The highest BCUT2D eigenvalue weighted by atomic mass is 32.1. The summed E-state index contributed by atoms with van der Waals surface area (Å²) in [5.41, 5.74) is 5.81. The molecule has 2 aromatic heterocycles. The fraction of sp³-hybridized carbons (Fsp3) is 0. The van der Waals surface area contributed by atoms with E-state index in [1.807, 2.05) is 17.4 Å². The summed E-state index contributed by atoms with van der Waals surface area (Å²) < 4.78 is 2.63. The molecule has 0 radical (unpaired) electrons. The first kappa shape index (κ1) is 20.6. The molecule has 0 spiro atoms. The van der Waals surface area contributed by atoms with Crippen LogP contribution in [0.25, 0.3) is 75.3 Å². The molecule has 0 saturated carbocycles. The van der Waals surface area contributed by atoms with Crippen molar-refractivity contribution in [3.8, 4) is 22.5 Å². The Kier molecular flexibility index (Phi) is 4.42. The predicted octanol–water partition coefficient (Wildman–Crippen LogP) is 9.64. The molecule has 0 N–H and O–H groups in total. The van der Waals surface area contributed by atoms with Gasteiger partial charge in [0.1, 0.15) is 0 Å². The minimum atomic E-state index is 0.907. The van der Waals surface area contributed by atoms with Gasteiger partial charge < -0.3 is 0 Å². The largest absolute Gasteiger partial charge is 0.244 e. The van der Waals surface area contributed by atoms with Crippen LogP contribution in [0.15, 0.2) is 121 Å². The highest BCUT2D eigenvalue weighted by Crippen LogP contribution is 2.40. The molecule has 2 nitrogen and oxygen atoms in total. The smallest absolute Gasteiger partial charge is 0.0973 e. The van der Waals surface area contributed by atoms with Gasteiger partial charge in [0.15, 0.2) is 0 Å². The average molecular weight is 489 g/mol. The summed E-state index contributed by atoms with van der Waals surface area (Å²) in [6.07, 6.45) is 0. The van der Waals surface area contributed by atoms with Crippen molar-refractivity contribution in [2.75, 3.05) is 0 Å². The third-order valence-corrected chi connectivity index (χ3v) is 8.38. The molecule has 3 heteroatoms. The maximum absolute atomic E-state index is 5.33. The molecule has 0 bridgehead atoms. The third-order valence-electron chi connectivity index (χ3n) is 7.24. The van der Waals surface area contributed by atoms with E-state index in [0.717, 1.165) is 38.9 Å². The van der Waals surface area contributed by atoms with E-state index in [1.165, 1.54) is 36.3 Å². The number of rotatable bonds is 2. The maximum Gasteiger partial charge on any atom is 0.0973 e. The van der Waals surface area contributed by atoms with Crippen LogP contribution in [0.4, 0.5) is 0 Å². The Morgan fingerprint density at radius 2 is 1.16 bits per heavy atom. The lowest BCUT2D eigenvalue weighted by Crippen LogP contribution is -1.96. The molecular weight excluding hydrogens is 468 g/mol. The molecule has 8 rings (SSSR count). The van der Waals surface area contributed by atoms with Crippen LogP contribution in [0, 0.1) is 0 Å². The van der Waals surface area contributed by atoms with Gasteiger partial charge in [-0.05, 0) is 40.4 Å². The Bertz CT molecular complexity index is 2140. The van der Waals surface area contributed by atoms with Gasteiger partial charge in [0, 0.05) is 36.7 Å². The molecule has 0 aliphatic rings. The van der Waals surface area contributed by atoms with Crippen molar-refractivity contribution in [3.05, 3.63) is 121 Å². The van der Waals surface area contributed by atoms with Gasteiger partial charge in [-0.15, -0.1) is 11.3 Å². The minimum Gasteiger partial charge on any atom is -0.244 e. The minimum absolute atomic E-state index is 0.907. The van der Waals surface area contributed by atoms with Crippen LogP contribution in [0.3, 0.4) is 0 Å². The fourth-order valence-corrected chi connectivity index (χ4v) is 6.60. The van der Waals surface area contributed by atoms with Crippen molar-refractivity contribution < 1.29 is 0 Å². The molecule has 0 unspecified atom stereocenters. The van der Waals surface area contributed by atoms with Crippen LogP contribution in [0.1, 0.15) is 0 Å². The number of benzene rings is 6. The molecular formula is C34H20N2S. The van der Waals surface area contributed by atoms with E-state index < -0.39 is 0 Å². The fourth-order valence-electron chi connectivity index (χ4n) is 5.48. The summed E-state index contributed by atoms with van der Waals surface area (Å²) in [6.45, 7) is 0. The molecule has 0 aliphatic heterocycles. The second kappa shape index (κ2) is 7.95. The van der Waals surface area contributed by atoms with E-state index in [2.05, 4.69) is 115 Å². The highest BCUT2D eigenvalue weighted by molar-refractivity contribution is 7.26. The molecule has 2 heterocycles. The molecule has 0 fully saturated rings. The zero-order valence-electron chi connectivity index (χ0n) is 19.8. The number of hydrogen-bond donors (Lipinski definition) is 0. The topological polar surface area (TPSA) is 25.8 Å². The Morgan fingerprint density at radius 3 is 2.08 bits per heavy atom. The predicted molar refractivity (Wildman–Crippen MR) is 158 cm³/mol. The van der Waals surface area contributed by atoms with Crippen LogP contribution in [-0.2, 0) is 0 Å². The van der Waals surface area contributed by atoms with E-state index in [-0.39, 0.29) is 0 Å². The van der Waals surface area contributed by atoms with Crippen LogP contribution in [-0.4, -0.2) is 9.97 Å². The molecule has 8 aromatic rings. The normalized spacial score (nSPS) is 11.8. The number of fused-ring (bicyclic) bond motifs is 8. The van der Waals surface area contributed by atoms with Crippen LogP contribution in [0.2, 0.25) is 0 Å². The van der Waals surface area contributed by atoms with E-state index in [1.54, 1.807) is 0 Å². The zero-order valence-corrected chi connectivity index (χ0v) is 20.7. The third kappa shape index (κ3) is 3.18. The van der Waals surface area contributed by atoms with Gasteiger partial charge in [0.05, 0.1) is 22.4 Å². The lowest BCUT2D eigenvalue weighted by atomic mass is 9.97. The quantitative estimate of drug-likeness (QED) is 0.226. The van der Waals surface area contributed by atoms with Gasteiger partial charge in [-0.25, -0.2) is 9.97 Å². The van der Waals surface area contributed by atoms with Crippen molar-refractivity contribution >= 4 is 64.1 Å². The van der Waals surface area contributed by atoms with E-state index in [0.29, 0.717) is 0 Å². The van der Waals surface area contributed by atoms with Crippen molar-refractivity contribution in [3.63, 3.8) is 0 Å². The van der Waals surface area contributed by atoms with Crippen molar-refractivity contribution in [2.45, 2.75) is 0 Å². The Labute approximate surface area is 217 Å². The molecule has 0 amide bonds. The van der Waals surface area contributed by atoms with Gasteiger partial charge in [0.25, 0.3) is 0 Å². The van der Waals surface area contributed by atoms with Gasteiger partial charge in [-0.1, -0.05) is 97.1 Å². The number of thiophene rings is 1. The monoisotopic (exact) mass is 488 g/mol. The summed E-state index contributed by atoms with van der Waals surface area (Å²) in [6, 6.07) is 42.9. The lowest BCUT2D eigenvalue weighted by Gasteiger charge is -2.13. The van der Waals surface area contributed by atoms with E-state index in [9.17, 15) is 0 Å². The van der Waals surface area contributed by atoms with E-state index >= 15 is 0 Å². The standard InChI is InChI=1S/C34H20N2S/c1-2-9-23(10-3-1)32-33(36-34-25-11-5-4-8-21(25)16-18-28(34)35-32)24-15-14-22-17-19-30-31(27(22)20-24)26-12-6-7-13-29(26)37-30/h1-20H. The molecule has 0 aliphatic carbocycles. The zero-order chi connectivity index (χ0) is 24.3. The number of nitrogens with zero attached hydrogens (tertiary/aromatic N) is 2. The van der Waals surface area contributed by atoms with Gasteiger partial charge in [-0.3, -0.25) is 0 Å². The first-order valence-electron chi connectivity index (χ1n) is 12.4. The lowest BCUT2D eigenvalue weighted by molar-refractivity contribution is 1.30. The summed E-state index contributed by atoms with van der Waals surface area (Å²) in [5, 5.41) is 7.42. The molecule has 37 heavy (non-hydrogen) atoms. The Balaban J connectivity index is 1.48. The number of aromatic nitrogens is 2. The molecule has 0 saturated heterocycles. The molecule has 6 aromatic carbocycles. The van der Waals surface area contributed by atoms with Gasteiger partial charge in [0.2, 0.25) is 0 Å². The van der Waals surface area contributed by atoms with Crippen molar-refractivity contribution in [2.24, 2.45) is 0 Å². The van der Waals surface area contributed by atoms with Crippen molar-refractivity contribution in [1.29, 1.82) is 0 Å².